The summed E-state index contributed by atoms with van der Waals surface area (Å²) >= 11 is 0. The van der Waals surface area contributed by atoms with Crippen LogP contribution in [0.25, 0.3) is 10.9 Å². The number of aromatic nitrogens is 1. The number of halogens is 1. The summed E-state index contributed by atoms with van der Waals surface area (Å²) in [5.41, 5.74) is 11.9. The van der Waals surface area contributed by atoms with Gasteiger partial charge in [0.15, 0.2) is 0 Å². The predicted octanol–water partition coefficient (Wildman–Crippen LogP) is 4.88. The molecule has 1 heterocycles. The molecule has 4 rings (SSSR count). The second-order valence-corrected chi connectivity index (χ2v) is 6.55. The van der Waals surface area contributed by atoms with Crippen molar-refractivity contribution in [2.75, 3.05) is 0 Å². The molecule has 1 aliphatic rings. The van der Waals surface area contributed by atoms with Crippen molar-refractivity contribution >= 4 is 23.3 Å². The molecule has 0 saturated carbocycles. The average molecular weight is 327 g/mol. The molecule has 3 N–H and O–H groups in total. The molecule has 0 radical (unpaired) electrons. The highest BCUT2D eigenvalue weighted by molar-refractivity contribution is 5.85. The maximum atomic E-state index is 6.98. The zero-order chi connectivity index (χ0) is 15.2. The second kappa shape index (κ2) is 6.03. The Morgan fingerprint density at radius 3 is 2.52 bits per heavy atom. The predicted molar refractivity (Wildman–Crippen MR) is 99.2 cm³/mol. The third-order valence-corrected chi connectivity index (χ3v) is 5.37. The summed E-state index contributed by atoms with van der Waals surface area (Å²) in [5, 5.41) is 1.34. The number of rotatable bonds is 2. The number of para-hydroxylation sites is 1. The first-order valence-corrected chi connectivity index (χ1v) is 8.14. The molecule has 2 nitrogen and oxygen atoms in total. The van der Waals surface area contributed by atoms with Crippen molar-refractivity contribution in [1.29, 1.82) is 0 Å². The van der Waals surface area contributed by atoms with Gasteiger partial charge in [-0.2, -0.15) is 0 Å². The summed E-state index contributed by atoms with van der Waals surface area (Å²) in [6, 6.07) is 19.2. The third kappa shape index (κ3) is 2.46. The van der Waals surface area contributed by atoms with Crippen LogP contribution in [0, 0.1) is 0 Å². The lowest BCUT2D eigenvalue weighted by molar-refractivity contribution is 0.310. The van der Waals surface area contributed by atoms with Crippen molar-refractivity contribution in [2.45, 2.75) is 37.6 Å². The minimum Gasteiger partial charge on any atom is -0.357 e. The Hall–Kier alpha value is -1.77. The summed E-state index contributed by atoms with van der Waals surface area (Å²) in [4.78, 5) is 3.63. The maximum Gasteiger partial charge on any atom is 0.0631 e. The largest absolute Gasteiger partial charge is 0.357 e. The van der Waals surface area contributed by atoms with E-state index in [1.165, 1.54) is 27.7 Å². The summed E-state index contributed by atoms with van der Waals surface area (Å²) in [7, 11) is 0. The van der Waals surface area contributed by atoms with Gasteiger partial charge in [0.2, 0.25) is 0 Å². The number of fused-ring (bicyclic) bond motifs is 3. The summed E-state index contributed by atoms with van der Waals surface area (Å²) < 4.78 is 0. The van der Waals surface area contributed by atoms with Gasteiger partial charge in [0.25, 0.3) is 0 Å². The van der Waals surface area contributed by atoms with E-state index in [2.05, 4.69) is 66.5 Å². The Morgan fingerprint density at radius 2 is 1.74 bits per heavy atom. The molecule has 3 heteroatoms. The van der Waals surface area contributed by atoms with Crippen molar-refractivity contribution in [1.82, 2.24) is 4.98 Å². The van der Waals surface area contributed by atoms with Crippen molar-refractivity contribution in [3.8, 4) is 0 Å². The molecule has 0 aliphatic heterocycles. The lowest BCUT2D eigenvalue weighted by Crippen LogP contribution is -2.44. The third-order valence-electron chi connectivity index (χ3n) is 5.37. The highest BCUT2D eigenvalue weighted by atomic mass is 35.5. The zero-order valence-corrected chi connectivity index (χ0v) is 14.2. The number of aryl methyl sites for hydroxylation is 1. The van der Waals surface area contributed by atoms with Gasteiger partial charge >= 0.3 is 0 Å². The van der Waals surface area contributed by atoms with Crippen LogP contribution in [0.2, 0.25) is 0 Å². The van der Waals surface area contributed by atoms with E-state index >= 15 is 0 Å². The molecular weight excluding hydrogens is 304 g/mol. The monoisotopic (exact) mass is 326 g/mol. The van der Waals surface area contributed by atoms with Crippen LogP contribution in [0.15, 0.2) is 54.6 Å². The minimum atomic E-state index is -0.312. The van der Waals surface area contributed by atoms with Crippen molar-refractivity contribution in [2.24, 2.45) is 5.73 Å². The number of benzene rings is 2. The van der Waals surface area contributed by atoms with E-state index in [-0.39, 0.29) is 17.9 Å². The van der Waals surface area contributed by atoms with Crippen LogP contribution in [-0.2, 0) is 12.0 Å². The van der Waals surface area contributed by atoms with Gasteiger partial charge in [-0.1, -0.05) is 55.5 Å². The van der Waals surface area contributed by atoms with Gasteiger partial charge < -0.3 is 10.7 Å². The average Bonchev–Trinajstić information content (AvgIpc) is 2.96. The molecule has 2 aromatic carbocycles. The number of aromatic amines is 1. The second-order valence-electron chi connectivity index (χ2n) is 6.55. The van der Waals surface area contributed by atoms with Crippen molar-refractivity contribution in [3.05, 3.63) is 71.4 Å². The van der Waals surface area contributed by atoms with E-state index < -0.39 is 0 Å². The number of nitrogens with one attached hydrogen (secondary N) is 1. The van der Waals surface area contributed by atoms with Crippen LogP contribution >= 0.6 is 12.4 Å². The van der Waals surface area contributed by atoms with Gasteiger partial charge in [-0.3, -0.25) is 0 Å². The van der Waals surface area contributed by atoms with Crippen LogP contribution in [0.4, 0.5) is 0 Å². The fourth-order valence-corrected chi connectivity index (χ4v) is 4.01. The van der Waals surface area contributed by atoms with E-state index in [0.717, 1.165) is 19.3 Å². The highest BCUT2D eigenvalue weighted by Crippen LogP contribution is 2.44. The van der Waals surface area contributed by atoms with E-state index in [1.54, 1.807) is 0 Å². The zero-order valence-electron chi connectivity index (χ0n) is 13.4. The van der Waals surface area contributed by atoms with Crippen LogP contribution in [0.5, 0.6) is 0 Å². The molecule has 2 atom stereocenters. The normalized spacial score (nSPS) is 21.5. The maximum absolute atomic E-state index is 6.98. The molecule has 23 heavy (non-hydrogen) atoms. The van der Waals surface area contributed by atoms with Crippen LogP contribution in [0.1, 0.15) is 42.5 Å². The van der Waals surface area contributed by atoms with E-state index in [0.29, 0.717) is 5.92 Å². The van der Waals surface area contributed by atoms with Gasteiger partial charge in [0, 0.05) is 22.5 Å². The first-order chi connectivity index (χ1) is 10.7. The molecule has 1 aromatic heterocycles. The molecule has 0 fully saturated rings. The van der Waals surface area contributed by atoms with E-state index in [1.807, 2.05) is 0 Å². The molecule has 3 aromatic rings. The molecule has 0 saturated heterocycles. The summed E-state index contributed by atoms with van der Waals surface area (Å²) in [5.74, 6) is 0.292. The van der Waals surface area contributed by atoms with E-state index in [4.69, 9.17) is 5.73 Å². The Balaban J connectivity index is 0.00000156. The van der Waals surface area contributed by atoms with Crippen molar-refractivity contribution in [3.63, 3.8) is 0 Å². The molecule has 0 amide bonds. The topological polar surface area (TPSA) is 41.8 Å². The van der Waals surface area contributed by atoms with Crippen LogP contribution in [-0.4, -0.2) is 4.98 Å². The first kappa shape index (κ1) is 16.1. The van der Waals surface area contributed by atoms with Gasteiger partial charge in [0.05, 0.1) is 5.54 Å². The number of hydrogen-bond donors (Lipinski definition) is 2. The van der Waals surface area contributed by atoms with Gasteiger partial charge in [-0.15, -0.1) is 12.4 Å². The number of hydrogen-bond acceptors (Lipinski definition) is 1. The molecule has 0 bridgehead atoms. The molecule has 120 valence electrons. The van der Waals surface area contributed by atoms with Crippen molar-refractivity contribution < 1.29 is 0 Å². The number of nitrogens with two attached hydrogens (primary N) is 1. The quantitative estimate of drug-likeness (QED) is 0.692. The highest BCUT2D eigenvalue weighted by Gasteiger charge is 2.40. The van der Waals surface area contributed by atoms with Crippen LogP contribution < -0.4 is 5.73 Å². The summed E-state index contributed by atoms with van der Waals surface area (Å²) in [6.45, 7) is 2.26. The standard InChI is InChI=1S/C20H22N2.ClH/c1-14(15-8-3-2-4-9-15)20(21)13-7-11-17-16-10-5-6-12-18(16)22-19(17)20;/h2-6,8-10,12,14,22H,7,11,13,21H2,1H3;1H. The van der Waals surface area contributed by atoms with E-state index in [9.17, 15) is 0 Å². The van der Waals surface area contributed by atoms with Crippen LogP contribution in [0.3, 0.4) is 0 Å². The Bertz CT molecular complexity index is 809. The smallest absolute Gasteiger partial charge is 0.0631 e. The Morgan fingerprint density at radius 1 is 1.04 bits per heavy atom. The lowest BCUT2D eigenvalue weighted by atomic mass is 9.71. The molecule has 1 aliphatic carbocycles. The Labute approximate surface area is 143 Å². The SMILES string of the molecule is CC(c1ccccc1)C1(N)CCCc2c1[nH]c1ccccc21.Cl. The molecular formula is C20H23ClN2. The van der Waals surface area contributed by atoms with Gasteiger partial charge in [-0.05, 0) is 36.5 Å². The fraction of sp³-hybridized carbons (Fsp3) is 0.300. The first-order valence-electron chi connectivity index (χ1n) is 8.14. The number of H-pyrrole nitrogens is 1. The van der Waals surface area contributed by atoms with Gasteiger partial charge in [0.1, 0.15) is 0 Å². The summed E-state index contributed by atoms with van der Waals surface area (Å²) in [6.07, 6.45) is 3.31. The molecule has 2 unspecified atom stereocenters. The Kier molecular flexibility index (Phi) is 4.22. The molecule has 0 spiro atoms. The lowest BCUT2D eigenvalue weighted by Gasteiger charge is -2.39. The minimum absolute atomic E-state index is 0. The van der Waals surface area contributed by atoms with Gasteiger partial charge in [-0.25, -0.2) is 0 Å². The fourth-order valence-electron chi connectivity index (χ4n) is 4.01.